The van der Waals surface area contributed by atoms with Gasteiger partial charge in [0.15, 0.2) is 0 Å². The van der Waals surface area contributed by atoms with Gasteiger partial charge >= 0.3 is 0 Å². The van der Waals surface area contributed by atoms with Crippen molar-refractivity contribution in [2.45, 2.75) is 38.3 Å². The highest BCUT2D eigenvalue weighted by Crippen LogP contribution is 2.34. The summed E-state index contributed by atoms with van der Waals surface area (Å²) in [4.78, 5) is 2.60. The maximum Gasteiger partial charge on any atom is 0.120 e. The third kappa shape index (κ3) is 4.44. The molecule has 0 aromatic heterocycles. The summed E-state index contributed by atoms with van der Waals surface area (Å²) < 4.78 is 6.97. The molecule has 0 amide bonds. The molecule has 2 atom stereocenters. The molecule has 3 rings (SSSR count). The predicted octanol–water partition coefficient (Wildman–Crippen LogP) is 3.29. The van der Waals surface area contributed by atoms with Crippen molar-refractivity contribution in [2.24, 2.45) is 5.92 Å². The summed E-state index contributed by atoms with van der Waals surface area (Å²) in [5, 5.41) is 3.73. The number of rotatable bonds is 5. The lowest BCUT2D eigenvalue weighted by molar-refractivity contribution is 0.161. The van der Waals surface area contributed by atoms with Crippen molar-refractivity contribution >= 4 is 15.9 Å². The number of halogens is 1. The monoisotopic (exact) mass is 352 g/mol. The van der Waals surface area contributed by atoms with E-state index in [1.807, 2.05) is 24.3 Å². The lowest BCUT2D eigenvalue weighted by Crippen LogP contribution is -2.43. The van der Waals surface area contributed by atoms with Crippen LogP contribution in [-0.2, 0) is 0 Å². The molecule has 0 spiro atoms. The molecule has 1 aromatic rings. The van der Waals surface area contributed by atoms with E-state index in [2.05, 4.69) is 33.1 Å². The molecular formula is C17H25BrN2O. The second kappa shape index (κ2) is 7.12. The Morgan fingerprint density at radius 2 is 2.19 bits per heavy atom. The van der Waals surface area contributed by atoms with Crippen LogP contribution in [0.1, 0.15) is 26.2 Å². The predicted molar refractivity (Wildman–Crippen MR) is 89.8 cm³/mol. The van der Waals surface area contributed by atoms with Gasteiger partial charge < -0.3 is 10.1 Å². The highest BCUT2D eigenvalue weighted by Gasteiger charge is 2.34. The Morgan fingerprint density at radius 1 is 1.33 bits per heavy atom. The minimum Gasteiger partial charge on any atom is -0.492 e. The van der Waals surface area contributed by atoms with Gasteiger partial charge in [-0.25, -0.2) is 0 Å². The molecular weight excluding hydrogens is 328 g/mol. The van der Waals surface area contributed by atoms with Gasteiger partial charge in [-0.2, -0.15) is 0 Å². The Labute approximate surface area is 136 Å². The Morgan fingerprint density at radius 3 is 2.95 bits per heavy atom. The largest absolute Gasteiger partial charge is 0.492 e. The van der Waals surface area contributed by atoms with E-state index in [4.69, 9.17) is 4.74 Å². The highest BCUT2D eigenvalue weighted by molar-refractivity contribution is 9.10. The van der Waals surface area contributed by atoms with Gasteiger partial charge in [-0.3, -0.25) is 4.90 Å². The summed E-state index contributed by atoms with van der Waals surface area (Å²) in [7, 11) is 0. The molecule has 0 bridgehead atoms. The molecule has 1 heterocycles. The molecule has 1 aliphatic heterocycles. The van der Waals surface area contributed by atoms with Crippen molar-refractivity contribution in [3.05, 3.63) is 28.7 Å². The van der Waals surface area contributed by atoms with E-state index in [-0.39, 0.29) is 0 Å². The van der Waals surface area contributed by atoms with Crippen LogP contribution in [0.5, 0.6) is 5.75 Å². The zero-order valence-electron chi connectivity index (χ0n) is 12.7. The zero-order valence-corrected chi connectivity index (χ0v) is 14.3. The van der Waals surface area contributed by atoms with Crippen molar-refractivity contribution in [3.63, 3.8) is 0 Å². The summed E-state index contributed by atoms with van der Waals surface area (Å²) in [6, 6.07) is 9.43. The number of hydrogen-bond donors (Lipinski definition) is 1. The molecule has 1 saturated heterocycles. The van der Waals surface area contributed by atoms with Gasteiger partial charge in [0.25, 0.3) is 0 Å². The van der Waals surface area contributed by atoms with Gasteiger partial charge in [-0.05, 0) is 56.8 Å². The summed E-state index contributed by atoms with van der Waals surface area (Å²) >= 11 is 3.48. The van der Waals surface area contributed by atoms with E-state index in [1.54, 1.807) is 0 Å². The minimum absolute atomic E-state index is 0.646. The first-order valence-electron chi connectivity index (χ1n) is 8.08. The fourth-order valence-electron chi connectivity index (χ4n) is 3.12. The average molecular weight is 353 g/mol. The fourth-order valence-corrected chi connectivity index (χ4v) is 3.50. The standard InChI is InChI=1S/C17H25BrN2O/c1-13-7-8-19-17(14-5-6-14)12-20(13)9-10-21-16-4-2-3-15(18)11-16/h2-4,11,13-14,17,19H,5-10,12H2,1H3. The van der Waals surface area contributed by atoms with Crippen LogP contribution in [0.25, 0.3) is 0 Å². The van der Waals surface area contributed by atoms with Crippen LogP contribution < -0.4 is 10.1 Å². The quantitative estimate of drug-likeness (QED) is 0.879. The van der Waals surface area contributed by atoms with Gasteiger partial charge in [-0.1, -0.05) is 22.0 Å². The second-order valence-electron chi connectivity index (χ2n) is 6.34. The maximum absolute atomic E-state index is 5.90. The van der Waals surface area contributed by atoms with Gasteiger partial charge in [0.1, 0.15) is 12.4 Å². The van der Waals surface area contributed by atoms with Crippen LogP contribution in [0.15, 0.2) is 28.7 Å². The summed E-state index contributed by atoms with van der Waals surface area (Å²) in [5.74, 6) is 1.87. The van der Waals surface area contributed by atoms with Crippen molar-refractivity contribution in [1.82, 2.24) is 10.2 Å². The molecule has 1 N–H and O–H groups in total. The Bertz CT molecular complexity index is 464. The number of ether oxygens (including phenoxy) is 1. The van der Waals surface area contributed by atoms with E-state index in [9.17, 15) is 0 Å². The van der Waals surface area contributed by atoms with E-state index in [1.165, 1.54) is 25.8 Å². The lowest BCUT2D eigenvalue weighted by atomic mass is 10.1. The minimum atomic E-state index is 0.646. The third-order valence-corrected chi connectivity index (χ3v) is 5.15. The van der Waals surface area contributed by atoms with E-state index in [0.717, 1.165) is 35.8 Å². The third-order valence-electron chi connectivity index (χ3n) is 4.66. The summed E-state index contributed by atoms with van der Waals surface area (Å²) in [6.07, 6.45) is 4.06. The van der Waals surface area contributed by atoms with Crippen molar-refractivity contribution in [3.8, 4) is 5.75 Å². The normalized spacial score (nSPS) is 27.3. The van der Waals surface area contributed by atoms with Crippen molar-refractivity contribution in [1.29, 1.82) is 0 Å². The van der Waals surface area contributed by atoms with Crippen LogP contribution in [0.3, 0.4) is 0 Å². The van der Waals surface area contributed by atoms with E-state index in [0.29, 0.717) is 12.1 Å². The maximum atomic E-state index is 5.90. The van der Waals surface area contributed by atoms with Crippen molar-refractivity contribution < 1.29 is 4.74 Å². The molecule has 2 unspecified atom stereocenters. The van der Waals surface area contributed by atoms with Gasteiger partial charge in [0.05, 0.1) is 0 Å². The Balaban J connectivity index is 1.50. The van der Waals surface area contributed by atoms with Crippen LogP contribution in [0, 0.1) is 5.92 Å². The number of nitrogens with zero attached hydrogens (tertiary/aromatic N) is 1. The molecule has 3 nitrogen and oxygen atoms in total. The Hall–Kier alpha value is -0.580. The summed E-state index contributed by atoms with van der Waals surface area (Å²) in [6.45, 7) is 6.45. The smallest absolute Gasteiger partial charge is 0.120 e. The molecule has 1 aliphatic carbocycles. The Kier molecular flexibility index (Phi) is 5.19. The number of hydrogen-bond acceptors (Lipinski definition) is 3. The average Bonchev–Trinajstić information content (AvgIpc) is 3.28. The first-order valence-corrected chi connectivity index (χ1v) is 8.87. The molecule has 1 aromatic carbocycles. The first-order chi connectivity index (χ1) is 10.2. The molecule has 2 aliphatic rings. The molecule has 0 radical (unpaired) electrons. The lowest BCUT2D eigenvalue weighted by Gasteiger charge is -2.29. The van der Waals surface area contributed by atoms with Gasteiger partial charge in [0, 0.05) is 29.6 Å². The van der Waals surface area contributed by atoms with E-state index >= 15 is 0 Å². The highest BCUT2D eigenvalue weighted by atomic mass is 79.9. The molecule has 21 heavy (non-hydrogen) atoms. The topological polar surface area (TPSA) is 24.5 Å². The molecule has 116 valence electrons. The SMILES string of the molecule is CC1CCNC(C2CC2)CN1CCOc1cccc(Br)c1. The summed E-state index contributed by atoms with van der Waals surface area (Å²) in [5.41, 5.74) is 0. The van der Waals surface area contributed by atoms with Crippen molar-refractivity contribution in [2.75, 3.05) is 26.2 Å². The zero-order chi connectivity index (χ0) is 14.7. The molecule has 1 saturated carbocycles. The number of benzene rings is 1. The first kappa shape index (κ1) is 15.3. The molecule has 2 fully saturated rings. The van der Waals surface area contributed by atoms with Crippen LogP contribution in [0.4, 0.5) is 0 Å². The van der Waals surface area contributed by atoms with Gasteiger partial charge in [-0.15, -0.1) is 0 Å². The van der Waals surface area contributed by atoms with Crippen LogP contribution in [0.2, 0.25) is 0 Å². The van der Waals surface area contributed by atoms with Crippen LogP contribution >= 0.6 is 15.9 Å². The number of nitrogens with one attached hydrogen (secondary N) is 1. The second-order valence-corrected chi connectivity index (χ2v) is 7.25. The molecule has 4 heteroatoms. The van der Waals surface area contributed by atoms with Gasteiger partial charge in [0.2, 0.25) is 0 Å². The van der Waals surface area contributed by atoms with Crippen LogP contribution in [-0.4, -0.2) is 43.2 Å². The van der Waals surface area contributed by atoms with E-state index < -0.39 is 0 Å². The fraction of sp³-hybridized carbons (Fsp3) is 0.647.